The number of pyridine rings is 1. The van der Waals surface area contributed by atoms with E-state index in [2.05, 4.69) is 53.3 Å². The van der Waals surface area contributed by atoms with Gasteiger partial charge in [-0.15, -0.1) is 0 Å². The van der Waals surface area contributed by atoms with Crippen LogP contribution in [0.1, 0.15) is 26.7 Å². The van der Waals surface area contributed by atoms with E-state index in [1.54, 1.807) is 0 Å². The largest absolute Gasteiger partial charge is 0.369 e. The maximum Gasteiger partial charge on any atom is 0.0462 e. The van der Waals surface area contributed by atoms with Gasteiger partial charge in [-0.05, 0) is 30.4 Å². The fourth-order valence-corrected chi connectivity index (χ4v) is 3.18. The highest BCUT2D eigenvalue weighted by molar-refractivity contribution is 5.93. The first-order valence-corrected chi connectivity index (χ1v) is 7.58. The van der Waals surface area contributed by atoms with Crippen LogP contribution in [0.3, 0.4) is 0 Å². The van der Waals surface area contributed by atoms with Crippen LogP contribution in [-0.2, 0) is 0 Å². The Morgan fingerprint density at radius 3 is 3.05 bits per heavy atom. The quantitative estimate of drug-likeness (QED) is 0.927. The van der Waals surface area contributed by atoms with Gasteiger partial charge < -0.3 is 10.2 Å². The van der Waals surface area contributed by atoms with Crippen LogP contribution in [0, 0.1) is 0 Å². The molecule has 1 aliphatic rings. The van der Waals surface area contributed by atoms with E-state index >= 15 is 0 Å². The number of fused-ring (bicyclic) bond motifs is 1. The molecule has 2 heterocycles. The van der Waals surface area contributed by atoms with Crippen LogP contribution in [0.25, 0.3) is 10.8 Å². The summed E-state index contributed by atoms with van der Waals surface area (Å²) in [7, 11) is 0. The fourth-order valence-electron chi connectivity index (χ4n) is 3.18. The SMILES string of the molecule is CC(C)NC1CCCN(c2cccc3ccncc23)C1. The summed E-state index contributed by atoms with van der Waals surface area (Å²) in [6.45, 7) is 6.68. The Balaban J connectivity index is 1.87. The van der Waals surface area contributed by atoms with Crippen LogP contribution in [0.4, 0.5) is 5.69 Å². The van der Waals surface area contributed by atoms with Gasteiger partial charge in [-0.1, -0.05) is 26.0 Å². The predicted octanol–water partition coefficient (Wildman–Crippen LogP) is 3.20. The Kier molecular flexibility index (Phi) is 3.88. The number of aromatic nitrogens is 1. The number of benzene rings is 1. The molecule has 2 aromatic rings. The number of piperidine rings is 1. The van der Waals surface area contributed by atoms with Gasteiger partial charge in [0.1, 0.15) is 0 Å². The minimum Gasteiger partial charge on any atom is -0.369 e. The van der Waals surface area contributed by atoms with Crippen LogP contribution < -0.4 is 10.2 Å². The van der Waals surface area contributed by atoms with Crippen molar-refractivity contribution in [2.45, 2.75) is 38.8 Å². The molecule has 106 valence electrons. The molecule has 20 heavy (non-hydrogen) atoms. The summed E-state index contributed by atoms with van der Waals surface area (Å²) < 4.78 is 0. The van der Waals surface area contributed by atoms with Gasteiger partial charge in [-0.2, -0.15) is 0 Å². The summed E-state index contributed by atoms with van der Waals surface area (Å²) in [6, 6.07) is 9.77. The highest BCUT2D eigenvalue weighted by atomic mass is 15.2. The molecule has 0 bridgehead atoms. The third kappa shape index (κ3) is 2.78. The van der Waals surface area contributed by atoms with Crippen molar-refractivity contribution in [3.8, 4) is 0 Å². The highest BCUT2D eigenvalue weighted by Crippen LogP contribution is 2.28. The fraction of sp³-hybridized carbons (Fsp3) is 0.471. The van der Waals surface area contributed by atoms with Crippen LogP contribution in [-0.4, -0.2) is 30.2 Å². The predicted molar refractivity (Wildman–Crippen MR) is 85.2 cm³/mol. The van der Waals surface area contributed by atoms with E-state index in [4.69, 9.17) is 0 Å². The Morgan fingerprint density at radius 2 is 2.20 bits per heavy atom. The van der Waals surface area contributed by atoms with E-state index in [1.165, 1.54) is 29.3 Å². The van der Waals surface area contributed by atoms with Gasteiger partial charge in [0.05, 0.1) is 0 Å². The van der Waals surface area contributed by atoms with Gasteiger partial charge in [0, 0.05) is 48.6 Å². The van der Waals surface area contributed by atoms with Crippen LogP contribution in [0.5, 0.6) is 0 Å². The van der Waals surface area contributed by atoms with Crippen LogP contribution in [0.2, 0.25) is 0 Å². The zero-order valence-corrected chi connectivity index (χ0v) is 12.3. The first-order chi connectivity index (χ1) is 9.74. The Labute approximate surface area is 121 Å². The Morgan fingerprint density at radius 1 is 1.30 bits per heavy atom. The van der Waals surface area contributed by atoms with E-state index < -0.39 is 0 Å². The molecule has 1 aromatic heterocycles. The summed E-state index contributed by atoms with van der Waals surface area (Å²) in [5.74, 6) is 0. The third-order valence-electron chi connectivity index (χ3n) is 3.99. The number of nitrogens with zero attached hydrogens (tertiary/aromatic N) is 2. The number of hydrogen-bond acceptors (Lipinski definition) is 3. The van der Waals surface area contributed by atoms with E-state index in [9.17, 15) is 0 Å². The normalized spacial score (nSPS) is 19.8. The van der Waals surface area contributed by atoms with E-state index in [1.807, 2.05) is 12.4 Å². The van der Waals surface area contributed by atoms with E-state index in [-0.39, 0.29) is 0 Å². The van der Waals surface area contributed by atoms with Crippen molar-refractivity contribution in [3.63, 3.8) is 0 Å². The molecule has 1 aliphatic heterocycles. The lowest BCUT2D eigenvalue weighted by Gasteiger charge is -2.36. The molecule has 3 rings (SSSR count). The minimum atomic E-state index is 0.550. The maximum absolute atomic E-state index is 4.29. The van der Waals surface area contributed by atoms with Crippen LogP contribution in [0.15, 0.2) is 36.7 Å². The zero-order chi connectivity index (χ0) is 13.9. The number of hydrogen-bond donors (Lipinski definition) is 1. The second-order valence-electron chi connectivity index (χ2n) is 5.98. The molecule has 3 nitrogen and oxygen atoms in total. The minimum absolute atomic E-state index is 0.550. The first-order valence-electron chi connectivity index (χ1n) is 7.58. The van der Waals surface area contributed by atoms with Crippen molar-refractivity contribution in [2.24, 2.45) is 0 Å². The molecule has 0 aliphatic carbocycles. The Hall–Kier alpha value is -1.61. The summed E-state index contributed by atoms with van der Waals surface area (Å²) in [5.41, 5.74) is 1.32. The zero-order valence-electron chi connectivity index (χ0n) is 12.3. The van der Waals surface area contributed by atoms with Gasteiger partial charge in [0.25, 0.3) is 0 Å². The summed E-state index contributed by atoms with van der Waals surface area (Å²) in [4.78, 5) is 6.80. The van der Waals surface area contributed by atoms with Gasteiger partial charge >= 0.3 is 0 Å². The molecule has 0 radical (unpaired) electrons. The van der Waals surface area contributed by atoms with Crippen molar-refractivity contribution >= 4 is 16.5 Å². The Bertz CT molecular complexity index is 574. The van der Waals surface area contributed by atoms with E-state index in [0.717, 1.165) is 13.1 Å². The lowest BCUT2D eigenvalue weighted by molar-refractivity contribution is 0.395. The molecule has 1 unspecified atom stereocenters. The molecule has 0 saturated carbocycles. The summed E-state index contributed by atoms with van der Waals surface area (Å²) >= 11 is 0. The summed E-state index contributed by atoms with van der Waals surface area (Å²) in [6.07, 6.45) is 6.38. The molecule has 1 fully saturated rings. The molecule has 1 saturated heterocycles. The maximum atomic E-state index is 4.29. The second kappa shape index (κ2) is 5.80. The second-order valence-corrected chi connectivity index (χ2v) is 5.98. The molecular formula is C17H23N3. The number of anilines is 1. The topological polar surface area (TPSA) is 28.2 Å². The summed E-state index contributed by atoms with van der Waals surface area (Å²) in [5, 5.41) is 6.21. The van der Waals surface area contributed by atoms with Gasteiger partial charge in [-0.25, -0.2) is 0 Å². The average molecular weight is 269 g/mol. The third-order valence-corrected chi connectivity index (χ3v) is 3.99. The van der Waals surface area contributed by atoms with Gasteiger partial charge in [-0.3, -0.25) is 4.98 Å². The first kappa shape index (κ1) is 13.4. The molecule has 1 atom stereocenters. The van der Waals surface area contributed by atoms with Gasteiger partial charge in [0.2, 0.25) is 0 Å². The smallest absolute Gasteiger partial charge is 0.0462 e. The monoisotopic (exact) mass is 269 g/mol. The van der Waals surface area contributed by atoms with Crippen LogP contribution >= 0.6 is 0 Å². The van der Waals surface area contributed by atoms with Crippen molar-refractivity contribution in [2.75, 3.05) is 18.0 Å². The van der Waals surface area contributed by atoms with Crippen molar-refractivity contribution < 1.29 is 0 Å². The molecule has 1 aromatic carbocycles. The molecule has 3 heteroatoms. The molecule has 0 amide bonds. The standard InChI is InChI=1S/C17H23N3/c1-13(2)19-15-6-4-10-20(12-15)17-7-3-5-14-8-9-18-11-16(14)17/h3,5,7-9,11,13,15,19H,4,6,10,12H2,1-2H3. The number of nitrogens with one attached hydrogen (secondary N) is 1. The van der Waals surface area contributed by atoms with E-state index in [0.29, 0.717) is 12.1 Å². The molecule has 0 spiro atoms. The average Bonchev–Trinajstić information content (AvgIpc) is 2.46. The molecular weight excluding hydrogens is 246 g/mol. The lowest BCUT2D eigenvalue weighted by Crippen LogP contribution is -2.47. The van der Waals surface area contributed by atoms with Gasteiger partial charge in [0.15, 0.2) is 0 Å². The van der Waals surface area contributed by atoms with Crippen molar-refractivity contribution in [1.82, 2.24) is 10.3 Å². The van der Waals surface area contributed by atoms with Crippen molar-refractivity contribution in [1.29, 1.82) is 0 Å². The molecule has 1 N–H and O–H groups in total. The number of rotatable bonds is 3. The lowest BCUT2D eigenvalue weighted by atomic mass is 10.0. The van der Waals surface area contributed by atoms with Crippen molar-refractivity contribution in [3.05, 3.63) is 36.7 Å². The highest BCUT2D eigenvalue weighted by Gasteiger charge is 2.21.